The standard InChI is InChI=1S/C6H5BrF2N2O/c7-2-1-3(12)11-5(4(2)10)6(8)9/h1,6H,10H2,(H,11,12). The SMILES string of the molecule is Nc1c(Br)cc(=O)[nH]c1C(F)F. The second-order valence-corrected chi connectivity index (χ2v) is 2.96. The van der Waals surface area contributed by atoms with Crippen molar-refractivity contribution >= 4 is 21.6 Å². The number of pyridine rings is 1. The van der Waals surface area contributed by atoms with Crippen molar-refractivity contribution < 1.29 is 8.78 Å². The molecule has 0 spiro atoms. The van der Waals surface area contributed by atoms with Gasteiger partial charge in [-0.1, -0.05) is 0 Å². The quantitative estimate of drug-likeness (QED) is 0.782. The highest BCUT2D eigenvalue weighted by molar-refractivity contribution is 9.10. The molecular formula is C6H5BrF2N2O. The van der Waals surface area contributed by atoms with Gasteiger partial charge in [-0.3, -0.25) is 4.79 Å². The first-order valence-electron chi connectivity index (χ1n) is 2.98. The highest BCUT2D eigenvalue weighted by Gasteiger charge is 2.14. The van der Waals surface area contributed by atoms with Gasteiger partial charge in [0.2, 0.25) is 5.56 Å². The summed E-state index contributed by atoms with van der Waals surface area (Å²) < 4.78 is 24.4. The van der Waals surface area contributed by atoms with Crippen LogP contribution in [-0.4, -0.2) is 4.98 Å². The molecule has 0 amide bonds. The van der Waals surface area contributed by atoms with Gasteiger partial charge in [0, 0.05) is 10.5 Å². The van der Waals surface area contributed by atoms with Gasteiger partial charge in [0.1, 0.15) is 5.69 Å². The van der Waals surface area contributed by atoms with Crippen LogP contribution in [-0.2, 0) is 0 Å². The summed E-state index contributed by atoms with van der Waals surface area (Å²) >= 11 is 2.89. The molecule has 1 heterocycles. The Bertz CT molecular complexity index is 350. The molecule has 3 nitrogen and oxygen atoms in total. The van der Waals surface area contributed by atoms with Gasteiger partial charge in [0.25, 0.3) is 6.43 Å². The van der Waals surface area contributed by atoms with Crippen LogP contribution in [0.4, 0.5) is 14.5 Å². The predicted molar refractivity (Wildman–Crippen MR) is 44.1 cm³/mol. The number of aromatic amines is 1. The minimum absolute atomic E-state index is 0.135. The number of aromatic nitrogens is 1. The zero-order valence-electron chi connectivity index (χ0n) is 5.77. The molecule has 0 aliphatic heterocycles. The fourth-order valence-electron chi connectivity index (χ4n) is 0.730. The number of H-pyrrole nitrogens is 1. The summed E-state index contributed by atoms with van der Waals surface area (Å²) in [5.74, 6) is 0. The monoisotopic (exact) mass is 238 g/mol. The number of alkyl halides is 2. The Kier molecular flexibility index (Phi) is 2.46. The number of hydrogen-bond acceptors (Lipinski definition) is 2. The third kappa shape index (κ3) is 1.63. The van der Waals surface area contributed by atoms with Crippen molar-refractivity contribution in [3.05, 3.63) is 26.6 Å². The van der Waals surface area contributed by atoms with Crippen LogP contribution >= 0.6 is 15.9 Å². The summed E-state index contributed by atoms with van der Waals surface area (Å²) in [5.41, 5.74) is 3.97. The van der Waals surface area contributed by atoms with Gasteiger partial charge in [-0.25, -0.2) is 8.78 Å². The van der Waals surface area contributed by atoms with Crippen molar-refractivity contribution in [3.63, 3.8) is 0 Å². The lowest BCUT2D eigenvalue weighted by atomic mass is 10.3. The Morgan fingerprint density at radius 2 is 2.17 bits per heavy atom. The molecule has 0 atom stereocenters. The fraction of sp³-hybridized carbons (Fsp3) is 0.167. The number of nitrogen functional groups attached to an aromatic ring is 1. The number of nitrogens with one attached hydrogen (secondary N) is 1. The van der Waals surface area contributed by atoms with Crippen molar-refractivity contribution in [2.75, 3.05) is 5.73 Å². The van der Waals surface area contributed by atoms with Crippen molar-refractivity contribution in [2.45, 2.75) is 6.43 Å². The minimum atomic E-state index is -2.77. The second kappa shape index (κ2) is 3.22. The lowest BCUT2D eigenvalue weighted by Gasteiger charge is -2.04. The third-order valence-electron chi connectivity index (χ3n) is 1.28. The van der Waals surface area contributed by atoms with Crippen LogP contribution in [0.1, 0.15) is 12.1 Å². The molecular weight excluding hydrogens is 234 g/mol. The van der Waals surface area contributed by atoms with E-state index in [0.717, 1.165) is 6.07 Å². The first-order chi connectivity index (χ1) is 5.52. The van der Waals surface area contributed by atoms with Crippen molar-refractivity contribution in [2.24, 2.45) is 0 Å². The normalized spacial score (nSPS) is 10.7. The van der Waals surface area contributed by atoms with E-state index >= 15 is 0 Å². The number of hydrogen-bond donors (Lipinski definition) is 2. The number of rotatable bonds is 1. The predicted octanol–water partition coefficient (Wildman–Crippen LogP) is 1.66. The molecule has 0 aliphatic carbocycles. The van der Waals surface area contributed by atoms with Crippen LogP contribution in [0.3, 0.4) is 0 Å². The van der Waals surface area contributed by atoms with E-state index in [1.54, 1.807) is 0 Å². The van der Waals surface area contributed by atoms with E-state index in [-0.39, 0.29) is 10.2 Å². The maximum absolute atomic E-state index is 12.1. The van der Waals surface area contributed by atoms with Gasteiger partial charge in [-0.15, -0.1) is 0 Å². The third-order valence-corrected chi connectivity index (χ3v) is 1.94. The molecule has 0 radical (unpaired) electrons. The second-order valence-electron chi connectivity index (χ2n) is 2.11. The molecule has 0 unspecified atom stereocenters. The van der Waals surface area contributed by atoms with Crippen LogP contribution in [0, 0.1) is 0 Å². The Hall–Kier alpha value is -0.910. The Labute approximate surface area is 74.7 Å². The largest absolute Gasteiger partial charge is 0.396 e. The maximum atomic E-state index is 12.1. The van der Waals surface area contributed by atoms with E-state index in [1.165, 1.54) is 0 Å². The fourth-order valence-corrected chi connectivity index (χ4v) is 1.15. The lowest BCUT2D eigenvalue weighted by Crippen LogP contribution is -2.11. The van der Waals surface area contributed by atoms with Gasteiger partial charge >= 0.3 is 0 Å². The van der Waals surface area contributed by atoms with Gasteiger partial charge in [-0.05, 0) is 15.9 Å². The van der Waals surface area contributed by atoms with Crippen LogP contribution in [0.5, 0.6) is 0 Å². The van der Waals surface area contributed by atoms with E-state index in [2.05, 4.69) is 15.9 Å². The molecule has 1 aromatic heterocycles. The molecule has 66 valence electrons. The summed E-state index contributed by atoms with van der Waals surface area (Å²) in [5, 5.41) is 0. The van der Waals surface area contributed by atoms with Gasteiger partial charge in [0.15, 0.2) is 0 Å². The molecule has 0 bridgehead atoms. The summed E-state index contributed by atoms with van der Waals surface area (Å²) in [7, 11) is 0. The Morgan fingerprint density at radius 1 is 1.58 bits per heavy atom. The van der Waals surface area contributed by atoms with Crippen molar-refractivity contribution in [3.8, 4) is 0 Å². The van der Waals surface area contributed by atoms with Gasteiger partial charge in [0.05, 0.1) is 5.69 Å². The Morgan fingerprint density at radius 3 is 2.67 bits per heavy atom. The van der Waals surface area contributed by atoms with Crippen LogP contribution in [0.2, 0.25) is 0 Å². The van der Waals surface area contributed by atoms with E-state index in [4.69, 9.17) is 5.73 Å². The summed E-state index contributed by atoms with van der Waals surface area (Å²) in [6.45, 7) is 0. The highest BCUT2D eigenvalue weighted by atomic mass is 79.9. The number of nitrogens with two attached hydrogens (primary N) is 1. The summed E-state index contributed by atoms with van der Waals surface area (Å²) in [4.78, 5) is 12.6. The molecule has 1 rings (SSSR count). The zero-order valence-corrected chi connectivity index (χ0v) is 7.36. The molecule has 0 fully saturated rings. The Balaban J connectivity index is 3.38. The van der Waals surface area contributed by atoms with E-state index < -0.39 is 17.7 Å². The zero-order chi connectivity index (χ0) is 9.30. The molecule has 3 N–H and O–H groups in total. The van der Waals surface area contributed by atoms with Crippen molar-refractivity contribution in [1.29, 1.82) is 0 Å². The molecule has 12 heavy (non-hydrogen) atoms. The molecule has 0 saturated carbocycles. The molecule has 0 aliphatic rings. The minimum Gasteiger partial charge on any atom is -0.396 e. The first kappa shape index (κ1) is 9.18. The van der Waals surface area contributed by atoms with Gasteiger partial charge < -0.3 is 10.7 Å². The first-order valence-corrected chi connectivity index (χ1v) is 3.78. The van der Waals surface area contributed by atoms with Crippen LogP contribution in [0.15, 0.2) is 15.3 Å². The van der Waals surface area contributed by atoms with Crippen molar-refractivity contribution in [1.82, 2.24) is 4.98 Å². The average Bonchev–Trinajstić information content (AvgIpc) is 1.96. The summed E-state index contributed by atoms with van der Waals surface area (Å²) in [6.07, 6.45) is -2.77. The smallest absolute Gasteiger partial charge is 0.280 e. The average molecular weight is 239 g/mol. The highest BCUT2D eigenvalue weighted by Crippen LogP contribution is 2.26. The van der Waals surface area contributed by atoms with E-state index in [1.807, 2.05) is 4.98 Å². The van der Waals surface area contributed by atoms with Crippen LogP contribution in [0.25, 0.3) is 0 Å². The molecule has 1 aromatic rings. The van der Waals surface area contributed by atoms with E-state index in [0.29, 0.717) is 0 Å². The number of halogens is 3. The molecule has 6 heteroatoms. The maximum Gasteiger partial charge on any atom is 0.280 e. The topological polar surface area (TPSA) is 58.9 Å². The van der Waals surface area contributed by atoms with Crippen LogP contribution < -0.4 is 11.3 Å². The van der Waals surface area contributed by atoms with Gasteiger partial charge in [-0.2, -0.15) is 0 Å². The molecule has 0 saturated heterocycles. The number of anilines is 1. The lowest BCUT2D eigenvalue weighted by molar-refractivity contribution is 0.146. The summed E-state index contributed by atoms with van der Waals surface area (Å²) in [6, 6.07) is 1.10. The van der Waals surface area contributed by atoms with E-state index in [9.17, 15) is 13.6 Å². The molecule has 0 aromatic carbocycles.